The summed E-state index contributed by atoms with van der Waals surface area (Å²) in [6.07, 6.45) is 5.90. The monoisotopic (exact) mass is 346 g/mol. The van der Waals surface area contributed by atoms with Gasteiger partial charge in [-0.25, -0.2) is 0 Å². The molecular weight excluding hydrogens is 316 g/mol. The second-order valence-electron chi connectivity index (χ2n) is 7.55. The molecule has 0 aromatic heterocycles. The highest BCUT2D eigenvalue weighted by molar-refractivity contribution is 5.73. The Morgan fingerprint density at radius 3 is 2.40 bits per heavy atom. The maximum atomic E-state index is 12.5. The fraction of sp³-hybridized carbons (Fsp3) is 0.524. The second kappa shape index (κ2) is 10.0. The quantitative estimate of drug-likeness (QED) is 0.643. The van der Waals surface area contributed by atoms with Gasteiger partial charge < -0.3 is 9.84 Å². The van der Waals surface area contributed by atoms with Crippen molar-refractivity contribution in [3.05, 3.63) is 42.0 Å². The molecule has 1 rings (SSSR count). The zero-order valence-electron chi connectivity index (χ0n) is 15.7. The summed E-state index contributed by atoms with van der Waals surface area (Å²) in [5.41, 5.74) is 0.562. The second-order valence-corrected chi connectivity index (χ2v) is 7.55. The van der Waals surface area contributed by atoms with Crippen LogP contribution >= 0.6 is 0 Å². The van der Waals surface area contributed by atoms with Crippen LogP contribution in [0.25, 0.3) is 6.08 Å². The lowest BCUT2D eigenvalue weighted by Crippen LogP contribution is -2.29. The molecule has 0 heterocycles. The summed E-state index contributed by atoms with van der Waals surface area (Å²) in [5.74, 6) is -1.13. The van der Waals surface area contributed by atoms with Gasteiger partial charge >= 0.3 is 11.9 Å². The van der Waals surface area contributed by atoms with Crippen LogP contribution in [0.1, 0.15) is 58.9 Å². The molecule has 4 heteroatoms. The van der Waals surface area contributed by atoms with E-state index in [2.05, 4.69) is 0 Å². The van der Waals surface area contributed by atoms with Gasteiger partial charge in [0.15, 0.2) is 0 Å². The molecule has 0 radical (unpaired) electrons. The summed E-state index contributed by atoms with van der Waals surface area (Å²) >= 11 is 0. The van der Waals surface area contributed by atoms with E-state index < -0.39 is 11.6 Å². The van der Waals surface area contributed by atoms with Gasteiger partial charge in [0.2, 0.25) is 0 Å². The average Bonchev–Trinajstić information content (AvgIpc) is 2.51. The number of allylic oxidation sites excluding steroid dienone is 1. The van der Waals surface area contributed by atoms with Gasteiger partial charge in [0.1, 0.15) is 5.60 Å². The van der Waals surface area contributed by atoms with E-state index in [4.69, 9.17) is 9.84 Å². The molecule has 0 saturated heterocycles. The molecule has 0 aliphatic rings. The number of hydrogen-bond donors (Lipinski definition) is 1. The lowest BCUT2D eigenvalue weighted by Gasteiger charge is -2.25. The predicted molar refractivity (Wildman–Crippen MR) is 100 cm³/mol. The number of benzene rings is 1. The molecular formula is C21H30O4. The molecule has 0 fully saturated rings. The van der Waals surface area contributed by atoms with Gasteiger partial charge in [0.25, 0.3) is 0 Å². The van der Waals surface area contributed by atoms with Gasteiger partial charge in [-0.2, -0.15) is 0 Å². The zero-order chi connectivity index (χ0) is 18.9. The number of carboxylic acids is 1. The van der Waals surface area contributed by atoms with Crippen molar-refractivity contribution in [1.29, 1.82) is 0 Å². The lowest BCUT2D eigenvalue weighted by molar-refractivity contribution is -0.160. The van der Waals surface area contributed by atoms with E-state index in [0.717, 1.165) is 5.56 Å². The zero-order valence-corrected chi connectivity index (χ0v) is 15.7. The number of rotatable bonds is 9. The highest BCUT2D eigenvalue weighted by Gasteiger charge is 2.26. The normalized spacial score (nSPS) is 14.2. The number of carbonyl (C=O) groups is 2. The maximum Gasteiger partial charge on any atom is 0.309 e. The van der Waals surface area contributed by atoms with Crippen LogP contribution in [0.5, 0.6) is 0 Å². The number of ether oxygens (including phenoxy) is 1. The van der Waals surface area contributed by atoms with Crippen LogP contribution in [0.2, 0.25) is 0 Å². The highest BCUT2D eigenvalue weighted by atomic mass is 16.6. The van der Waals surface area contributed by atoms with Crippen molar-refractivity contribution >= 4 is 18.0 Å². The third-order valence-corrected chi connectivity index (χ3v) is 3.81. The molecule has 0 aliphatic heterocycles. The Bertz CT molecular complexity index is 569. The minimum Gasteiger partial charge on any atom is -0.481 e. The summed E-state index contributed by atoms with van der Waals surface area (Å²) in [6.45, 7) is 7.56. The van der Waals surface area contributed by atoms with Crippen LogP contribution in [0.4, 0.5) is 0 Å². The number of esters is 1. The van der Waals surface area contributed by atoms with Crippen LogP contribution in [-0.2, 0) is 14.3 Å². The smallest absolute Gasteiger partial charge is 0.309 e. The number of aliphatic carboxylic acids is 1. The first-order valence-electron chi connectivity index (χ1n) is 8.83. The van der Waals surface area contributed by atoms with Crippen LogP contribution in [0, 0.1) is 11.8 Å². The average molecular weight is 346 g/mol. The lowest BCUT2D eigenvalue weighted by atomic mass is 9.90. The Labute approximate surface area is 150 Å². The summed E-state index contributed by atoms with van der Waals surface area (Å²) in [6, 6.07) is 9.92. The largest absolute Gasteiger partial charge is 0.481 e. The minimum absolute atomic E-state index is 0.127. The number of carbonyl (C=O) groups excluding carboxylic acids is 1. The van der Waals surface area contributed by atoms with E-state index in [9.17, 15) is 9.59 Å². The molecule has 4 nitrogen and oxygen atoms in total. The fourth-order valence-electron chi connectivity index (χ4n) is 2.58. The Morgan fingerprint density at radius 2 is 1.84 bits per heavy atom. The van der Waals surface area contributed by atoms with Crippen molar-refractivity contribution in [3.8, 4) is 0 Å². The van der Waals surface area contributed by atoms with Crippen LogP contribution < -0.4 is 0 Å². The molecule has 0 saturated carbocycles. The van der Waals surface area contributed by atoms with Gasteiger partial charge in [-0.05, 0) is 51.5 Å². The van der Waals surface area contributed by atoms with Crippen LogP contribution in [-0.4, -0.2) is 22.6 Å². The first-order valence-corrected chi connectivity index (χ1v) is 8.83. The highest BCUT2D eigenvalue weighted by Crippen LogP contribution is 2.24. The van der Waals surface area contributed by atoms with Crippen molar-refractivity contribution in [3.63, 3.8) is 0 Å². The molecule has 25 heavy (non-hydrogen) atoms. The molecule has 138 valence electrons. The topological polar surface area (TPSA) is 63.6 Å². The van der Waals surface area contributed by atoms with E-state index in [1.165, 1.54) is 0 Å². The summed E-state index contributed by atoms with van der Waals surface area (Å²) < 4.78 is 5.54. The van der Waals surface area contributed by atoms with Crippen molar-refractivity contribution < 1.29 is 19.4 Å². The van der Waals surface area contributed by atoms with Gasteiger partial charge in [-0.15, -0.1) is 0 Å². The predicted octanol–water partition coefficient (Wildman–Crippen LogP) is 4.94. The van der Waals surface area contributed by atoms with E-state index in [1.807, 2.05) is 70.2 Å². The Hall–Kier alpha value is -2.10. The van der Waals surface area contributed by atoms with Crippen molar-refractivity contribution in [2.45, 2.75) is 59.0 Å². The van der Waals surface area contributed by atoms with Crippen molar-refractivity contribution in [2.75, 3.05) is 0 Å². The molecule has 2 atom stereocenters. The molecule has 1 aromatic carbocycles. The Balaban J connectivity index is 2.71. The van der Waals surface area contributed by atoms with Crippen LogP contribution in [0.15, 0.2) is 36.4 Å². The van der Waals surface area contributed by atoms with Crippen molar-refractivity contribution in [2.24, 2.45) is 11.8 Å². The third kappa shape index (κ3) is 9.70. The van der Waals surface area contributed by atoms with Crippen molar-refractivity contribution in [1.82, 2.24) is 0 Å². The van der Waals surface area contributed by atoms with E-state index in [1.54, 1.807) is 0 Å². The molecule has 1 aromatic rings. The van der Waals surface area contributed by atoms with Gasteiger partial charge in [0.05, 0.1) is 5.92 Å². The third-order valence-electron chi connectivity index (χ3n) is 3.81. The van der Waals surface area contributed by atoms with Gasteiger partial charge in [-0.3, -0.25) is 9.59 Å². The molecule has 2 unspecified atom stereocenters. The molecule has 0 spiro atoms. The van der Waals surface area contributed by atoms with E-state index >= 15 is 0 Å². The minimum atomic E-state index is -0.801. The standard InChI is InChI=1S/C21H30O4/c1-16(13-14-19(22)23)15-18(20(24)25-21(2,3)4)12-8-11-17-9-6-5-7-10-17/h5-11,16,18H,12-15H2,1-4H3,(H,22,23)/b11-8+. The summed E-state index contributed by atoms with van der Waals surface area (Å²) in [5, 5.41) is 8.82. The SMILES string of the molecule is CC(CCC(=O)O)CC(C/C=C/c1ccccc1)C(=O)OC(C)(C)C. The van der Waals surface area contributed by atoms with Gasteiger partial charge in [0, 0.05) is 6.42 Å². The Kier molecular flexibility index (Phi) is 8.39. The summed E-state index contributed by atoms with van der Waals surface area (Å²) in [4.78, 5) is 23.2. The first kappa shape index (κ1) is 20.9. The van der Waals surface area contributed by atoms with E-state index in [0.29, 0.717) is 19.3 Å². The molecule has 0 bridgehead atoms. The fourth-order valence-corrected chi connectivity index (χ4v) is 2.58. The maximum absolute atomic E-state index is 12.5. The first-order chi connectivity index (χ1) is 11.7. The Morgan fingerprint density at radius 1 is 1.20 bits per heavy atom. The molecule has 0 aliphatic carbocycles. The van der Waals surface area contributed by atoms with E-state index in [-0.39, 0.29) is 24.2 Å². The van der Waals surface area contributed by atoms with Gasteiger partial charge in [-0.1, -0.05) is 49.4 Å². The molecule has 0 amide bonds. The number of carboxylic acid groups (broad SMARTS) is 1. The molecule has 1 N–H and O–H groups in total. The summed E-state index contributed by atoms with van der Waals surface area (Å²) in [7, 11) is 0. The van der Waals surface area contributed by atoms with Crippen LogP contribution in [0.3, 0.4) is 0 Å². The number of hydrogen-bond acceptors (Lipinski definition) is 3.